The molecule has 0 aliphatic rings. The molecular weight excluding hydrogens is 305 g/mol. The molecule has 0 unspecified atom stereocenters. The second-order valence-corrected chi connectivity index (χ2v) is 4.94. The zero-order valence-electron chi connectivity index (χ0n) is 9.43. The fraction of sp³-hybridized carbons (Fsp3) is 0.111. The van der Waals surface area contributed by atoms with Gasteiger partial charge in [0, 0.05) is 0 Å². The number of halogens is 3. The standard InChI is InChI=1S/C9H7F3N2O5S/c10-9(11,12)5-1-3(8(14)16)4(2-15)7(6(5)13)20(17,18)19/h1-2H,13H2,(H2,14,16)(H,17,18,19). The van der Waals surface area contributed by atoms with Gasteiger partial charge < -0.3 is 11.5 Å². The van der Waals surface area contributed by atoms with E-state index in [-0.39, 0.29) is 12.4 Å². The van der Waals surface area contributed by atoms with Crippen molar-refractivity contribution in [3.05, 3.63) is 22.8 Å². The second kappa shape index (κ2) is 4.76. The van der Waals surface area contributed by atoms with E-state index in [4.69, 9.17) is 16.0 Å². The molecule has 1 amide bonds. The molecule has 0 spiro atoms. The highest BCUT2D eigenvalue weighted by Gasteiger charge is 2.38. The smallest absolute Gasteiger partial charge is 0.397 e. The van der Waals surface area contributed by atoms with Gasteiger partial charge in [0.05, 0.1) is 22.4 Å². The Labute approximate surface area is 110 Å². The molecule has 0 aromatic heterocycles. The van der Waals surface area contributed by atoms with Crippen molar-refractivity contribution in [3.8, 4) is 0 Å². The first-order valence-corrected chi connectivity index (χ1v) is 6.11. The topological polar surface area (TPSA) is 141 Å². The number of anilines is 1. The van der Waals surface area contributed by atoms with Gasteiger partial charge in [-0.15, -0.1) is 0 Å². The fourth-order valence-corrected chi connectivity index (χ4v) is 2.35. The first kappa shape index (κ1) is 15.9. The Balaban J connectivity index is 4.04. The summed E-state index contributed by atoms with van der Waals surface area (Å²) in [6.45, 7) is 0. The molecule has 0 saturated heterocycles. The molecule has 0 saturated carbocycles. The normalized spacial score (nSPS) is 12.2. The molecule has 0 atom stereocenters. The highest BCUT2D eigenvalue weighted by atomic mass is 32.2. The summed E-state index contributed by atoms with van der Waals surface area (Å²) >= 11 is 0. The molecule has 1 rings (SSSR count). The van der Waals surface area contributed by atoms with Gasteiger partial charge in [0.25, 0.3) is 10.1 Å². The molecule has 0 bridgehead atoms. The molecule has 0 fully saturated rings. The number of nitrogen functional groups attached to an aromatic ring is 1. The lowest BCUT2D eigenvalue weighted by molar-refractivity contribution is -0.137. The van der Waals surface area contributed by atoms with Crippen molar-refractivity contribution >= 4 is 28.0 Å². The third-order valence-electron chi connectivity index (χ3n) is 2.30. The van der Waals surface area contributed by atoms with Gasteiger partial charge in [-0.1, -0.05) is 0 Å². The quantitative estimate of drug-likeness (QED) is 0.420. The monoisotopic (exact) mass is 312 g/mol. The number of nitrogens with two attached hydrogens (primary N) is 2. The van der Waals surface area contributed by atoms with Gasteiger partial charge in [-0.05, 0) is 6.07 Å². The number of aldehydes is 1. The summed E-state index contributed by atoms with van der Waals surface area (Å²) < 4.78 is 69.2. The minimum Gasteiger partial charge on any atom is -0.397 e. The molecule has 7 nitrogen and oxygen atoms in total. The minimum atomic E-state index is -5.28. The molecule has 1 aromatic carbocycles. The van der Waals surface area contributed by atoms with E-state index in [2.05, 4.69) is 0 Å². The number of primary amides is 1. The van der Waals surface area contributed by atoms with E-state index in [0.29, 0.717) is 0 Å². The first-order valence-electron chi connectivity index (χ1n) is 4.67. The number of benzene rings is 1. The van der Waals surface area contributed by atoms with Crippen molar-refractivity contribution in [1.29, 1.82) is 0 Å². The summed E-state index contributed by atoms with van der Waals surface area (Å²) in [5.74, 6) is -1.48. The molecule has 20 heavy (non-hydrogen) atoms. The van der Waals surface area contributed by atoms with E-state index in [1.807, 2.05) is 0 Å². The van der Waals surface area contributed by atoms with Gasteiger partial charge in [0.1, 0.15) is 4.90 Å². The maximum Gasteiger partial charge on any atom is 0.418 e. The van der Waals surface area contributed by atoms with Crippen LogP contribution in [0.3, 0.4) is 0 Å². The van der Waals surface area contributed by atoms with Gasteiger partial charge >= 0.3 is 6.18 Å². The largest absolute Gasteiger partial charge is 0.418 e. The summed E-state index contributed by atoms with van der Waals surface area (Å²) in [6, 6.07) is 0.149. The van der Waals surface area contributed by atoms with Gasteiger partial charge in [-0.3, -0.25) is 14.1 Å². The zero-order valence-corrected chi connectivity index (χ0v) is 10.2. The molecule has 0 aliphatic heterocycles. The predicted octanol–water partition coefficient (Wildman–Crippen LogP) is 0.446. The van der Waals surface area contributed by atoms with Crippen LogP contribution in [0.4, 0.5) is 18.9 Å². The Morgan fingerprint density at radius 2 is 1.85 bits per heavy atom. The van der Waals surface area contributed by atoms with Gasteiger partial charge in [-0.25, -0.2) is 0 Å². The number of hydrogen-bond donors (Lipinski definition) is 3. The van der Waals surface area contributed by atoms with Crippen LogP contribution in [0.5, 0.6) is 0 Å². The average molecular weight is 312 g/mol. The van der Waals surface area contributed by atoms with Crippen LogP contribution in [0.25, 0.3) is 0 Å². The molecular formula is C9H7F3N2O5S. The summed E-state index contributed by atoms with van der Waals surface area (Å²) in [5.41, 5.74) is 4.66. The summed E-state index contributed by atoms with van der Waals surface area (Å²) in [4.78, 5) is 20.3. The summed E-state index contributed by atoms with van der Waals surface area (Å²) in [6.07, 6.45) is -5.35. The van der Waals surface area contributed by atoms with Gasteiger partial charge in [-0.2, -0.15) is 21.6 Å². The van der Waals surface area contributed by atoms with E-state index in [9.17, 15) is 31.2 Å². The lowest BCUT2D eigenvalue weighted by Crippen LogP contribution is -2.21. The molecule has 11 heteroatoms. The highest BCUT2D eigenvalue weighted by Crippen LogP contribution is 2.39. The lowest BCUT2D eigenvalue weighted by atomic mass is 10.0. The predicted molar refractivity (Wildman–Crippen MR) is 59.6 cm³/mol. The van der Waals surface area contributed by atoms with Gasteiger partial charge in [0.2, 0.25) is 5.91 Å². The van der Waals surface area contributed by atoms with Crippen LogP contribution < -0.4 is 11.5 Å². The molecule has 0 heterocycles. The van der Waals surface area contributed by atoms with Crippen LogP contribution >= 0.6 is 0 Å². The van der Waals surface area contributed by atoms with Crippen molar-refractivity contribution in [1.82, 2.24) is 0 Å². The Bertz CT molecular complexity index is 697. The van der Waals surface area contributed by atoms with E-state index in [1.165, 1.54) is 0 Å². The fourth-order valence-electron chi connectivity index (χ4n) is 1.52. The maximum atomic E-state index is 12.7. The average Bonchev–Trinajstić information content (AvgIpc) is 2.23. The van der Waals surface area contributed by atoms with Crippen LogP contribution in [0.1, 0.15) is 26.3 Å². The summed E-state index contributed by atoms with van der Waals surface area (Å²) in [7, 11) is -5.28. The molecule has 1 aromatic rings. The Morgan fingerprint density at radius 3 is 2.15 bits per heavy atom. The van der Waals surface area contributed by atoms with Crippen LogP contribution in [-0.2, 0) is 16.3 Å². The summed E-state index contributed by atoms with van der Waals surface area (Å²) in [5, 5.41) is 0. The molecule has 0 radical (unpaired) electrons. The van der Waals surface area contributed by atoms with E-state index in [0.717, 1.165) is 0 Å². The molecule has 110 valence electrons. The zero-order chi connectivity index (χ0) is 15.9. The third-order valence-corrected chi connectivity index (χ3v) is 3.26. The van der Waals surface area contributed by atoms with Crippen LogP contribution in [0.2, 0.25) is 0 Å². The van der Waals surface area contributed by atoms with Crippen molar-refractivity contribution in [2.24, 2.45) is 5.73 Å². The third kappa shape index (κ3) is 2.72. The molecule has 0 aliphatic carbocycles. The first-order chi connectivity index (χ1) is 8.91. The van der Waals surface area contributed by atoms with Crippen molar-refractivity contribution < 1.29 is 35.7 Å². The maximum absolute atomic E-state index is 12.7. The number of hydrogen-bond acceptors (Lipinski definition) is 5. The SMILES string of the molecule is NC(=O)c1cc(C(F)(F)F)c(N)c(S(=O)(=O)O)c1C=O. The molecule has 5 N–H and O–H groups in total. The van der Waals surface area contributed by atoms with E-state index < -0.39 is 49.5 Å². The number of alkyl halides is 3. The van der Waals surface area contributed by atoms with Crippen LogP contribution in [-0.4, -0.2) is 25.2 Å². The van der Waals surface area contributed by atoms with E-state index >= 15 is 0 Å². The number of amides is 1. The minimum absolute atomic E-state index is 0.149. The van der Waals surface area contributed by atoms with Gasteiger partial charge in [0.15, 0.2) is 6.29 Å². The second-order valence-electron chi connectivity index (χ2n) is 3.58. The van der Waals surface area contributed by atoms with E-state index in [1.54, 1.807) is 0 Å². The Hall–Kier alpha value is -2.14. The van der Waals surface area contributed by atoms with Crippen molar-refractivity contribution in [2.75, 3.05) is 5.73 Å². The Morgan fingerprint density at radius 1 is 1.35 bits per heavy atom. The lowest BCUT2D eigenvalue weighted by Gasteiger charge is -2.16. The van der Waals surface area contributed by atoms with Crippen molar-refractivity contribution in [2.45, 2.75) is 11.1 Å². The number of carbonyl (C=O) groups is 2. The van der Waals surface area contributed by atoms with Crippen LogP contribution in [0.15, 0.2) is 11.0 Å². The van der Waals surface area contributed by atoms with Crippen LogP contribution in [0, 0.1) is 0 Å². The highest BCUT2D eigenvalue weighted by molar-refractivity contribution is 7.86. The Kier molecular flexibility index (Phi) is 3.79. The van der Waals surface area contributed by atoms with Crippen molar-refractivity contribution in [3.63, 3.8) is 0 Å². The number of rotatable bonds is 3. The number of carbonyl (C=O) groups excluding carboxylic acids is 2.